The quantitative estimate of drug-likeness (QED) is 0.719. The molecule has 1 atom stereocenters. The summed E-state index contributed by atoms with van der Waals surface area (Å²) in [6, 6.07) is 12.1. The molecule has 0 radical (unpaired) electrons. The normalized spacial score (nSPS) is 18.0. The Bertz CT molecular complexity index is 712. The van der Waals surface area contributed by atoms with Crippen molar-refractivity contribution in [2.45, 2.75) is 33.4 Å². The molecule has 146 valence electrons. The predicted octanol–water partition coefficient (Wildman–Crippen LogP) is 4.06. The molecule has 3 rings (SSSR count). The highest BCUT2D eigenvalue weighted by atomic mass is 32.1. The van der Waals surface area contributed by atoms with Crippen LogP contribution in [-0.4, -0.2) is 54.6 Å². The fraction of sp³-hybridized carbons (Fsp3) is 0.500. The smallest absolute Gasteiger partial charge is 0.253 e. The number of hydrogen-bond acceptors (Lipinski definition) is 4. The summed E-state index contributed by atoms with van der Waals surface area (Å²) in [5.41, 5.74) is 1.93. The van der Waals surface area contributed by atoms with E-state index in [1.165, 1.54) is 10.4 Å². The van der Waals surface area contributed by atoms with Crippen LogP contribution in [0.25, 0.3) is 0 Å². The monoisotopic (exact) mass is 386 g/mol. The van der Waals surface area contributed by atoms with Gasteiger partial charge in [0.1, 0.15) is 0 Å². The fourth-order valence-corrected chi connectivity index (χ4v) is 4.21. The lowest BCUT2D eigenvalue weighted by atomic mass is 10.1. The van der Waals surface area contributed by atoms with E-state index in [2.05, 4.69) is 36.3 Å². The summed E-state index contributed by atoms with van der Waals surface area (Å²) in [4.78, 5) is 18.8. The third kappa shape index (κ3) is 5.89. The number of carbonyl (C=O) groups is 1. The number of ether oxygens (including phenoxy) is 1. The third-order valence-corrected chi connectivity index (χ3v) is 5.64. The molecule has 2 heterocycles. The van der Waals surface area contributed by atoms with Gasteiger partial charge in [-0.25, -0.2) is 0 Å². The van der Waals surface area contributed by atoms with Gasteiger partial charge < -0.3 is 9.64 Å². The Hall–Kier alpha value is -1.69. The third-order valence-electron chi connectivity index (χ3n) is 4.78. The van der Waals surface area contributed by atoms with Crippen molar-refractivity contribution < 1.29 is 9.53 Å². The molecule has 1 fully saturated rings. The zero-order valence-electron chi connectivity index (χ0n) is 16.6. The second kappa shape index (κ2) is 9.49. The first-order valence-electron chi connectivity index (χ1n) is 9.73. The number of nitrogens with zero attached hydrogens (tertiary/aromatic N) is 2. The highest BCUT2D eigenvalue weighted by molar-refractivity contribution is 7.09. The molecule has 1 saturated heterocycles. The predicted molar refractivity (Wildman–Crippen MR) is 111 cm³/mol. The standard InChI is InChI=1S/C22H30N2O2S/c1-17(2)13-24(22(25)19-8-6-18(3)7-9-19)15-20-14-23(10-11-26-20)16-21-5-4-12-27-21/h4-9,12,17,20H,10-11,13-16H2,1-3H3. The van der Waals surface area contributed by atoms with E-state index in [0.717, 1.165) is 38.3 Å². The molecule has 0 spiro atoms. The molecule has 4 nitrogen and oxygen atoms in total. The topological polar surface area (TPSA) is 32.8 Å². The van der Waals surface area contributed by atoms with Gasteiger partial charge in [-0.2, -0.15) is 0 Å². The van der Waals surface area contributed by atoms with Gasteiger partial charge in [-0.3, -0.25) is 9.69 Å². The van der Waals surface area contributed by atoms with Gasteiger partial charge in [0.05, 0.1) is 12.7 Å². The van der Waals surface area contributed by atoms with Gasteiger partial charge in [-0.1, -0.05) is 37.6 Å². The summed E-state index contributed by atoms with van der Waals surface area (Å²) in [6.45, 7) is 11.2. The molecule has 1 unspecified atom stereocenters. The maximum atomic E-state index is 13.1. The van der Waals surface area contributed by atoms with Crippen LogP contribution < -0.4 is 0 Å². The average Bonchev–Trinajstić information content (AvgIpc) is 3.14. The van der Waals surface area contributed by atoms with Gasteiger partial charge in [0, 0.05) is 43.2 Å². The van der Waals surface area contributed by atoms with Crippen LogP contribution in [0.1, 0.15) is 34.6 Å². The molecule has 1 aliphatic rings. The maximum Gasteiger partial charge on any atom is 0.253 e. The first-order valence-corrected chi connectivity index (χ1v) is 10.6. The highest BCUT2D eigenvalue weighted by Crippen LogP contribution is 2.17. The van der Waals surface area contributed by atoms with Crippen molar-refractivity contribution in [2.75, 3.05) is 32.8 Å². The van der Waals surface area contributed by atoms with Gasteiger partial charge in [0.15, 0.2) is 0 Å². The van der Waals surface area contributed by atoms with Gasteiger partial charge in [0.2, 0.25) is 0 Å². The van der Waals surface area contributed by atoms with Crippen molar-refractivity contribution >= 4 is 17.2 Å². The van der Waals surface area contributed by atoms with E-state index < -0.39 is 0 Å². The lowest BCUT2D eigenvalue weighted by Crippen LogP contribution is -2.49. The lowest BCUT2D eigenvalue weighted by Gasteiger charge is -2.36. The van der Waals surface area contributed by atoms with E-state index in [1.807, 2.05) is 36.1 Å². The van der Waals surface area contributed by atoms with Crippen LogP contribution >= 0.6 is 11.3 Å². The molecule has 0 aliphatic carbocycles. The first-order chi connectivity index (χ1) is 13.0. The van der Waals surface area contributed by atoms with Crippen LogP contribution in [0.5, 0.6) is 0 Å². The van der Waals surface area contributed by atoms with Crippen molar-refractivity contribution in [3.05, 3.63) is 57.8 Å². The molecule has 0 saturated carbocycles. The number of carbonyl (C=O) groups excluding carboxylic acids is 1. The highest BCUT2D eigenvalue weighted by Gasteiger charge is 2.26. The molecular weight excluding hydrogens is 356 g/mol. The minimum Gasteiger partial charge on any atom is -0.374 e. The molecule has 1 amide bonds. The Morgan fingerprint density at radius 1 is 1.30 bits per heavy atom. The lowest BCUT2D eigenvalue weighted by molar-refractivity contribution is -0.0435. The number of hydrogen-bond donors (Lipinski definition) is 0. The Labute approximate surface area is 166 Å². The van der Waals surface area contributed by atoms with Crippen molar-refractivity contribution in [1.29, 1.82) is 0 Å². The van der Waals surface area contributed by atoms with E-state index in [9.17, 15) is 4.79 Å². The molecule has 2 aromatic rings. The van der Waals surface area contributed by atoms with E-state index >= 15 is 0 Å². The number of rotatable bonds is 7. The minimum atomic E-state index is 0.0619. The molecule has 27 heavy (non-hydrogen) atoms. The first kappa shape index (κ1) is 20.1. The summed E-state index contributed by atoms with van der Waals surface area (Å²) in [6.07, 6.45) is 0.0619. The van der Waals surface area contributed by atoms with Gasteiger partial charge in [-0.15, -0.1) is 11.3 Å². The molecule has 1 aromatic heterocycles. The number of thiophene rings is 1. The van der Waals surface area contributed by atoms with E-state index in [4.69, 9.17) is 4.74 Å². The minimum absolute atomic E-state index is 0.0619. The largest absolute Gasteiger partial charge is 0.374 e. The second-order valence-electron chi connectivity index (χ2n) is 7.78. The van der Waals surface area contributed by atoms with Gasteiger partial charge >= 0.3 is 0 Å². The molecule has 0 N–H and O–H groups in total. The van der Waals surface area contributed by atoms with Crippen LogP contribution in [0, 0.1) is 12.8 Å². The summed E-state index contributed by atoms with van der Waals surface area (Å²) in [5, 5.41) is 2.12. The molecule has 5 heteroatoms. The summed E-state index contributed by atoms with van der Waals surface area (Å²) >= 11 is 1.80. The second-order valence-corrected chi connectivity index (χ2v) is 8.81. The Kier molecular flexibility index (Phi) is 7.05. The van der Waals surface area contributed by atoms with Gasteiger partial charge in [-0.05, 0) is 36.4 Å². The van der Waals surface area contributed by atoms with Crippen molar-refractivity contribution in [3.63, 3.8) is 0 Å². The van der Waals surface area contributed by atoms with Gasteiger partial charge in [0.25, 0.3) is 5.91 Å². The fourth-order valence-electron chi connectivity index (χ4n) is 3.46. The molecular formula is C22H30N2O2S. The van der Waals surface area contributed by atoms with Crippen molar-refractivity contribution in [2.24, 2.45) is 5.92 Å². The van der Waals surface area contributed by atoms with Crippen LogP contribution in [0.15, 0.2) is 41.8 Å². The van der Waals surface area contributed by atoms with Crippen molar-refractivity contribution in [1.82, 2.24) is 9.80 Å². The summed E-state index contributed by atoms with van der Waals surface area (Å²) in [7, 11) is 0. The van der Waals surface area contributed by atoms with E-state index in [-0.39, 0.29) is 12.0 Å². The summed E-state index contributed by atoms with van der Waals surface area (Å²) < 4.78 is 6.01. The molecule has 1 aliphatic heterocycles. The van der Waals surface area contributed by atoms with Crippen LogP contribution in [0.4, 0.5) is 0 Å². The SMILES string of the molecule is Cc1ccc(C(=O)N(CC(C)C)CC2CN(Cc3cccs3)CCO2)cc1. The van der Waals surface area contributed by atoms with Crippen LogP contribution in [0.2, 0.25) is 0 Å². The van der Waals surface area contributed by atoms with Crippen LogP contribution in [-0.2, 0) is 11.3 Å². The average molecular weight is 387 g/mol. The van der Waals surface area contributed by atoms with E-state index in [1.54, 1.807) is 11.3 Å². The maximum absolute atomic E-state index is 13.1. The number of morpholine rings is 1. The van der Waals surface area contributed by atoms with Crippen molar-refractivity contribution in [3.8, 4) is 0 Å². The summed E-state index contributed by atoms with van der Waals surface area (Å²) in [5.74, 6) is 0.521. The Balaban J connectivity index is 1.64. The molecule has 1 aromatic carbocycles. The zero-order chi connectivity index (χ0) is 19.2. The zero-order valence-corrected chi connectivity index (χ0v) is 17.4. The van der Waals surface area contributed by atoms with E-state index in [0.29, 0.717) is 12.5 Å². The molecule has 0 bridgehead atoms. The Morgan fingerprint density at radius 2 is 2.07 bits per heavy atom. The Morgan fingerprint density at radius 3 is 2.74 bits per heavy atom. The number of aryl methyl sites for hydroxylation is 1. The number of benzene rings is 1. The number of amides is 1. The van der Waals surface area contributed by atoms with Crippen LogP contribution in [0.3, 0.4) is 0 Å².